The van der Waals surface area contributed by atoms with E-state index in [0.717, 1.165) is 10.1 Å². The van der Waals surface area contributed by atoms with Gasteiger partial charge in [0, 0.05) is 19.0 Å². The molecule has 1 heterocycles. The van der Waals surface area contributed by atoms with Crippen LogP contribution in [-0.4, -0.2) is 38.2 Å². The summed E-state index contributed by atoms with van der Waals surface area (Å²) < 4.78 is 18.6. The van der Waals surface area contributed by atoms with Gasteiger partial charge in [0.25, 0.3) is 0 Å². The molecule has 0 aliphatic heterocycles. The second-order valence-electron chi connectivity index (χ2n) is 6.73. The lowest BCUT2D eigenvalue weighted by Crippen LogP contribution is -2.09. The van der Waals surface area contributed by atoms with Crippen molar-refractivity contribution >= 4 is 32.8 Å². The van der Waals surface area contributed by atoms with Crippen molar-refractivity contribution in [3.8, 4) is 0 Å². The van der Waals surface area contributed by atoms with Crippen LogP contribution in [-0.2, 0) is 20.8 Å². The molecule has 6 heteroatoms. The number of nitrogens with zero attached hydrogens (tertiary/aromatic N) is 1. The first kappa shape index (κ1) is 19.4. The van der Waals surface area contributed by atoms with Crippen LogP contribution in [0, 0.1) is 0 Å². The van der Waals surface area contributed by atoms with Crippen LogP contribution in [0.4, 0.5) is 0 Å². The van der Waals surface area contributed by atoms with E-state index in [1.165, 1.54) is 50.2 Å². The van der Waals surface area contributed by atoms with Crippen molar-refractivity contribution in [2.24, 2.45) is 0 Å². The first-order chi connectivity index (χ1) is 12.7. The van der Waals surface area contributed by atoms with Gasteiger partial charge in [0.2, 0.25) is 0 Å². The molecule has 0 spiro atoms. The molecule has 1 aromatic heterocycles. The quantitative estimate of drug-likeness (QED) is 0.362. The van der Waals surface area contributed by atoms with Crippen molar-refractivity contribution in [3.63, 3.8) is 0 Å². The Bertz CT molecular complexity index is 765. The van der Waals surface area contributed by atoms with Crippen molar-refractivity contribution in [1.29, 1.82) is 0 Å². The van der Waals surface area contributed by atoms with Gasteiger partial charge in [0.05, 0.1) is 29.4 Å². The third-order valence-electron chi connectivity index (χ3n) is 5.13. The van der Waals surface area contributed by atoms with Gasteiger partial charge in [-0.3, -0.25) is 0 Å². The minimum absolute atomic E-state index is 0.277. The van der Waals surface area contributed by atoms with Crippen LogP contribution in [0.2, 0.25) is 0 Å². The second-order valence-corrected chi connectivity index (χ2v) is 7.48. The standard InChI is InChI=1S/C20H26BrNO4/c1-24-13-26-11-10-22-17-12-15(20(23)25-2)8-9-16(17)18(19(22)21)14-6-4-3-5-7-14/h8-9,12,14H,3-7,10-11,13H2,1-2H3. The highest BCUT2D eigenvalue weighted by Crippen LogP contribution is 2.42. The van der Waals surface area contributed by atoms with Crippen LogP contribution in [0.25, 0.3) is 10.9 Å². The fourth-order valence-corrected chi connectivity index (χ4v) is 4.79. The van der Waals surface area contributed by atoms with Crippen molar-refractivity contribution in [1.82, 2.24) is 4.57 Å². The molecule has 0 bridgehead atoms. The number of methoxy groups -OCH3 is 2. The summed E-state index contributed by atoms with van der Waals surface area (Å²) in [6.45, 7) is 1.51. The molecule has 1 saturated carbocycles. The molecular formula is C20H26BrNO4. The molecule has 26 heavy (non-hydrogen) atoms. The molecule has 0 radical (unpaired) electrons. The summed E-state index contributed by atoms with van der Waals surface area (Å²) in [5, 5.41) is 1.21. The van der Waals surface area contributed by atoms with Crippen LogP contribution >= 0.6 is 15.9 Å². The summed E-state index contributed by atoms with van der Waals surface area (Å²) in [6.07, 6.45) is 6.32. The van der Waals surface area contributed by atoms with Gasteiger partial charge in [-0.05, 0) is 52.4 Å². The monoisotopic (exact) mass is 423 g/mol. The Morgan fingerprint density at radius 2 is 2.00 bits per heavy atom. The Labute approximate surface area is 162 Å². The van der Waals surface area contributed by atoms with Gasteiger partial charge < -0.3 is 18.8 Å². The molecule has 1 aliphatic rings. The van der Waals surface area contributed by atoms with E-state index < -0.39 is 0 Å². The number of rotatable bonds is 7. The van der Waals surface area contributed by atoms with Crippen molar-refractivity contribution in [3.05, 3.63) is 33.9 Å². The Morgan fingerprint density at radius 3 is 2.69 bits per heavy atom. The third kappa shape index (κ3) is 3.97. The van der Waals surface area contributed by atoms with Crippen LogP contribution in [0.3, 0.4) is 0 Å². The van der Waals surface area contributed by atoms with Gasteiger partial charge in [0.15, 0.2) is 0 Å². The predicted octanol–water partition coefficient (Wildman–Crippen LogP) is 4.86. The molecule has 1 aromatic carbocycles. The minimum atomic E-state index is -0.314. The lowest BCUT2D eigenvalue weighted by molar-refractivity contribution is -0.0328. The van der Waals surface area contributed by atoms with Crippen LogP contribution in [0.15, 0.2) is 22.8 Å². The average Bonchev–Trinajstić information content (AvgIpc) is 2.96. The minimum Gasteiger partial charge on any atom is -0.465 e. The number of benzene rings is 1. The van der Waals surface area contributed by atoms with Gasteiger partial charge in [-0.15, -0.1) is 0 Å². The molecule has 0 atom stereocenters. The largest absolute Gasteiger partial charge is 0.465 e. The smallest absolute Gasteiger partial charge is 0.337 e. The van der Waals surface area contributed by atoms with E-state index in [0.29, 0.717) is 24.6 Å². The van der Waals surface area contributed by atoms with Crippen molar-refractivity contribution in [2.45, 2.75) is 44.6 Å². The molecule has 0 saturated heterocycles. The Kier molecular flexibility index (Phi) is 6.73. The molecule has 0 N–H and O–H groups in total. The van der Waals surface area contributed by atoms with Gasteiger partial charge >= 0.3 is 5.97 Å². The average molecular weight is 424 g/mol. The third-order valence-corrected chi connectivity index (χ3v) is 5.99. The molecule has 1 aliphatic carbocycles. The number of hydrogen-bond acceptors (Lipinski definition) is 4. The highest BCUT2D eigenvalue weighted by atomic mass is 79.9. The molecular weight excluding hydrogens is 398 g/mol. The summed E-state index contributed by atoms with van der Waals surface area (Å²) in [5.41, 5.74) is 2.98. The zero-order valence-corrected chi connectivity index (χ0v) is 17.0. The first-order valence-electron chi connectivity index (χ1n) is 9.14. The van der Waals surface area contributed by atoms with Crippen molar-refractivity contribution in [2.75, 3.05) is 27.6 Å². The number of halogens is 1. The first-order valence-corrected chi connectivity index (χ1v) is 9.93. The highest BCUT2D eigenvalue weighted by molar-refractivity contribution is 9.10. The maximum Gasteiger partial charge on any atom is 0.337 e. The summed E-state index contributed by atoms with van der Waals surface area (Å²) in [6, 6.07) is 5.84. The van der Waals surface area contributed by atoms with E-state index in [2.05, 4.69) is 26.6 Å². The van der Waals surface area contributed by atoms with Gasteiger partial charge in [-0.2, -0.15) is 0 Å². The number of fused-ring (bicyclic) bond motifs is 1. The SMILES string of the molecule is COCOCCn1c(Br)c(C2CCCCC2)c2ccc(C(=O)OC)cc21. The number of hydrogen-bond donors (Lipinski definition) is 0. The summed E-state index contributed by atoms with van der Waals surface area (Å²) in [5.74, 6) is 0.247. The van der Waals surface area contributed by atoms with Crippen LogP contribution in [0.1, 0.15) is 53.9 Å². The molecule has 142 valence electrons. The zero-order chi connectivity index (χ0) is 18.5. The van der Waals surface area contributed by atoms with Crippen molar-refractivity contribution < 1.29 is 19.0 Å². The predicted molar refractivity (Wildman–Crippen MR) is 105 cm³/mol. The Hall–Kier alpha value is -1.37. The van der Waals surface area contributed by atoms with Gasteiger partial charge in [-0.1, -0.05) is 25.3 Å². The highest BCUT2D eigenvalue weighted by Gasteiger charge is 2.25. The maximum absolute atomic E-state index is 12.0. The number of ether oxygens (including phenoxy) is 3. The normalized spacial score (nSPS) is 15.5. The Morgan fingerprint density at radius 1 is 1.23 bits per heavy atom. The van der Waals surface area contributed by atoms with E-state index in [1.807, 2.05) is 12.1 Å². The molecule has 0 amide bonds. The Balaban J connectivity index is 2.02. The van der Waals surface area contributed by atoms with Gasteiger partial charge in [0.1, 0.15) is 6.79 Å². The van der Waals surface area contributed by atoms with E-state index in [9.17, 15) is 4.79 Å². The lowest BCUT2D eigenvalue weighted by Gasteiger charge is -2.22. The number of aromatic nitrogens is 1. The summed E-state index contributed by atoms with van der Waals surface area (Å²) in [7, 11) is 3.03. The molecule has 5 nitrogen and oxygen atoms in total. The van der Waals surface area contributed by atoms with E-state index >= 15 is 0 Å². The molecule has 2 aromatic rings. The summed E-state index contributed by atoms with van der Waals surface area (Å²) >= 11 is 3.84. The molecule has 0 unspecified atom stereocenters. The maximum atomic E-state index is 12.0. The number of carbonyl (C=O) groups is 1. The van der Waals surface area contributed by atoms with E-state index in [-0.39, 0.29) is 12.8 Å². The fraction of sp³-hybridized carbons (Fsp3) is 0.550. The van der Waals surface area contributed by atoms with E-state index in [4.69, 9.17) is 14.2 Å². The molecule has 1 fully saturated rings. The van der Waals surface area contributed by atoms with Crippen LogP contribution in [0.5, 0.6) is 0 Å². The van der Waals surface area contributed by atoms with E-state index in [1.54, 1.807) is 7.11 Å². The van der Waals surface area contributed by atoms with Crippen LogP contribution < -0.4 is 0 Å². The summed E-state index contributed by atoms with van der Waals surface area (Å²) in [4.78, 5) is 12.0. The topological polar surface area (TPSA) is 49.7 Å². The zero-order valence-electron chi connectivity index (χ0n) is 15.4. The second kappa shape index (κ2) is 9.02. The molecule has 3 rings (SSSR count). The lowest BCUT2D eigenvalue weighted by atomic mass is 9.84. The van der Waals surface area contributed by atoms with Gasteiger partial charge in [-0.25, -0.2) is 4.79 Å². The fourth-order valence-electron chi connectivity index (χ4n) is 3.89. The number of carbonyl (C=O) groups excluding carboxylic acids is 1. The number of esters is 1.